The Bertz CT molecular complexity index is 592. The van der Waals surface area contributed by atoms with Crippen LogP contribution >= 0.6 is 0 Å². The fourth-order valence-electron chi connectivity index (χ4n) is 2.88. The minimum absolute atomic E-state index is 0.683. The zero-order valence-electron chi connectivity index (χ0n) is 17.1. The van der Waals surface area contributed by atoms with E-state index < -0.39 is 27.6 Å². The maximum absolute atomic E-state index is 6.05. The van der Waals surface area contributed by atoms with Crippen LogP contribution in [0.2, 0.25) is 19.6 Å². The van der Waals surface area contributed by atoms with Crippen molar-refractivity contribution in [2.75, 3.05) is 0 Å². The van der Waals surface area contributed by atoms with Crippen molar-refractivity contribution >= 4 is 43.7 Å². The van der Waals surface area contributed by atoms with Gasteiger partial charge in [0.2, 0.25) is 0 Å². The number of allylic oxidation sites excluding steroid dienone is 1. The molecule has 1 rings (SSSR count). The molecule has 24 heavy (non-hydrogen) atoms. The van der Waals surface area contributed by atoms with E-state index in [1.165, 1.54) is 39.0 Å². The van der Waals surface area contributed by atoms with Gasteiger partial charge in [0.15, 0.2) is 18.1 Å². The molecule has 7 heteroatoms. The molecule has 1 aromatic rings. The van der Waals surface area contributed by atoms with Crippen LogP contribution in [-0.2, 0) is 12.3 Å². The average molecular weight is 399 g/mol. The Balaban J connectivity index is 2.95. The number of rotatable bonds is 7. The third kappa shape index (κ3) is 5.62. The lowest BCUT2D eigenvalue weighted by molar-refractivity contribution is 0.326. The van der Waals surface area contributed by atoms with Crippen LogP contribution in [0.25, 0.3) is 5.57 Å². The van der Waals surface area contributed by atoms with E-state index in [2.05, 4.69) is 66.9 Å². The van der Waals surface area contributed by atoms with Gasteiger partial charge >= 0.3 is 9.53 Å². The molecule has 0 saturated heterocycles. The predicted molar refractivity (Wildman–Crippen MR) is 116 cm³/mol. The maximum atomic E-state index is 6.05. The largest absolute Gasteiger partial charge is 0.451 e. The van der Waals surface area contributed by atoms with E-state index in [0.29, 0.717) is 10.5 Å². The smallest absolute Gasteiger partial charge is 0.428 e. The summed E-state index contributed by atoms with van der Waals surface area (Å²) in [5.74, 6) is 0. The van der Waals surface area contributed by atoms with Crippen LogP contribution in [0.3, 0.4) is 0 Å². The molecular formula is C17H34O3Si4. The second-order valence-electron chi connectivity index (χ2n) is 7.48. The molecule has 136 valence electrons. The Morgan fingerprint density at radius 1 is 0.958 bits per heavy atom. The van der Waals surface area contributed by atoms with Crippen molar-refractivity contribution in [3.63, 3.8) is 0 Å². The van der Waals surface area contributed by atoms with Crippen molar-refractivity contribution in [1.82, 2.24) is 0 Å². The van der Waals surface area contributed by atoms with Crippen LogP contribution in [0.4, 0.5) is 0 Å². The van der Waals surface area contributed by atoms with E-state index >= 15 is 0 Å². The number of hydrogen-bond acceptors (Lipinski definition) is 3. The number of hydrogen-bond donors (Lipinski definition) is 0. The SMILES string of the molecule is C/C(=C\[SiH2]O[SiH](O[SiH3])O[Si](C)(C)C)c1c(C)c(C)c(C)c(C)c1C. The first-order valence-electron chi connectivity index (χ1n) is 8.56. The molecule has 1 atom stereocenters. The maximum Gasteiger partial charge on any atom is 0.451 e. The molecule has 3 nitrogen and oxygen atoms in total. The zero-order valence-corrected chi connectivity index (χ0v) is 22.7. The Labute approximate surface area is 156 Å². The highest BCUT2D eigenvalue weighted by atomic mass is 28.4. The highest BCUT2D eigenvalue weighted by Gasteiger charge is 2.23. The Kier molecular flexibility index (Phi) is 8.05. The molecule has 1 aromatic carbocycles. The quantitative estimate of drug-likeness (QED) is 0.661. The van der Waals surface area contributed by atoms with Crippen LogP contribution in [0.15, 0.2) is 5.70 Å². The van der Waals surface area contributed by atoms with E-state index in [1.807, 2.05) is 0 Å². The molecule has 0 N–H and O–H groups in total. The zero-order chi connectivity index (χ0) is 18.7. The molecule has 0 spiro atoms. The van der Waals surface area contributed by atoms with E-state index in [4.69, 9.17) is 12.3 Å². The van der Waals surface area contributed by atoms with E-state index in [-0.39, 0.29) is 0 Å². The van der Waals surface area contributed by atoms with Crippen molar-refractivity contribution < 1.29 is 12.3 Å². The van der Waals surface area contributed by atoms with Gasteiger partial charge in [0.05, 0.1) is 0 Å². The summed E-state index contributed by atoms with van der Waals surface area (Å²) in [4.78, 5) is 0. The van der Waals surface area contributed by atoms with Gasteiger partial charge in [0, 0.05) is 0 Å². The van der Waals surface area contributed by atoms with Crippen LogP contribution in [0.5, 0.6) is 0 Å². The molecule has 0 aliphatic rings. The van der Waals surface area contributed by atoms with Crippen LogP contribution < -0.4 is 0 Å². The summed E-state index contributed by atoms with van der Waals surface area (Å²) >= 11 is 0. The molecular weight excluding hydrogens is 365 g/mol. The lowest BCUT2D eigenvalue weighted by Crippen LogP contribution is -2.39. The molecule has 0 bridgehead atoms. The predicted octanol–water partition coefficient (Wildman–Crippen LogP) is 2.56. The first-order valence-corrected chi connectivity index (χ1v) is 15.6. The first-order chi connectivity index (χ1) is 11.0. The lowest BCUT2D eigenvalue weighted by Gasteiger charge is -2.24. The van der Waals surface area contributed by atoms with Crippen LogP contribution in [0.1, 0.15) is 40.3 Å². The third-order valence-electron chi connectivity index (χ3n) is 4.66. The summed E-state index contributed by atoms with van der Waals surface area (Å²) in [6.07, 6.45) is 0. The molecule has 0 aliphatic carbocycles. The number of benzene rings is 1. The summed E-state index contributed by atoms with van der Waals surface area (Å²) in [5, 5.41) is 0. The minimum Gasteiger partial charge on any atom is -0.428 e. The summed E-state index contributed by atoms with van der Waals surface area (Å²) in [5.41, 5.74) is 12.0. The van der Waals surface area contributed by atoms with Crippen LogP contribution in [0, 0.1) is 34.6 Å². The molecule has 0 aliphatic heterocycles. The topological polar surface area (TPSA) is 27.7 Å². The van der Waals surface area contributed by atoms with Gasteiger partial charge in [-0.1, -0.05) is 5.70 Å². The Hall–Kier alpha value is -0.292. The molecule has 0 fully saturated rings. The van der Waals surface area contributed by atoms with Gasteiger partial charge in [0.25, 0.3) is 0 Å². The lowest BCUT2D eigenvalue weighted by atomic mass is 9.87. The van der Waals surface area contributed by atoms with E-state index in [9.17, 15) is 0 Å². The Morgan fingerprint density at radius 2 is 1.42 bits per heavy atom. The monoisotopic (exact) mass is 398 g/mol. The molecule has 0 saturated carbocycles. The fourth-order valence-corrected chi connectivity index (χ4v) is 10.6. The van der Waals surface area contributed by atoms with Gasteiger partial charge < -0.3 is 12.3 Å². The van der Waals surface area contributed by atoms with Crippen molar-refractivity contribution in [1.29, 1.82) is 0 Å². The third-order valence-corrected chi connectivity index (χ3v) is 12.4. The van der Waals surface area contributed by atoms with Crippen molar-refractivity contribution in [3.05, 3.63) is 39.1 Å². The highest BCUT2D eigenvalue weighted by Crippen LogP contribution is 2.30. The fraction of sp³-hybridized carbons (Fsp3) is 0.529. The van der Waals surface area contributed by atoms with Gasteiger partial charge in [-0.3, -0.25) is 0 Å². The van der Waals surface area contributed by atoms with Crippen LogP contribution in [-0.4, -0.2) is 38.1 Å². The van der Waals surface area contributed by atoms with Crippen molar-refractivity contribution in [2.24, 2.45) is 0 Å². The van der Waals surface area contributed by atoms with Crippen molar-refractivity contribution in [3.8, 4) is 0 Å². The summed E-state index contributed by atoms with van der Waals surface area (Å²) < 4.78 is 17.7. The molecule has 0 radical (unpaired) electrons. The summed E-state index contributed by atoms with van der Waals surface area (Å²) in [6.45, 7) is 19.9. The molecule has 0 aromatic heterocycles. The molecule has 1 unspecified atom stereocenters. The second kappa shape index (κ2) is 8.88. The van der Waals surface area contributed by atoms with Gasteiger partial charge in [-0.05, 0) is 100 Å². The summed E-state index contributed by atoms with van der Waals surface area (Å²) in [7, 11) is -3.58. The van der Waals surface area contributed by atoms with E-state index in [0.717, 1.165) is 0 Å². The standard InChI is InChI=1S/C17H34O3Si4/c1-11(10-22-19-23(18-21)20-24(7,8)9)17-15(5)13(3)12(2)14(4)16(17)6/h10,23H,22H2,1-9,21H3/b11-10+. The normalized spacial score (nSPS) is 14.8. The van der Waals surface area contributed by atoms with Gasteiger partial charge in [-0.2, -0.15) is 0 Å². The van der Waals surface area contributed by atoms with E-state index in [1.54, 1.807) is 0 Å². The van der Waals surface area contributed by atoms with Gasteiger partial charge in [-0.25, -0.2) is 0 Å². The summed E-state index contributed by atoms with van der Waals surface area (Å²) in [6, 6.07) is 0. The first kappa shape index (κ1) is 21.7. The average Bonchev–Trinajstić information content (AvgIpc) is 2.49. The molecule has 0 heterocycles. The van der Waals surface area contributed by atoms with Gasteiger partial charge in [0.1, 0.15) is 10.5 Å². The van der Waals surface area contributed by atoms with Gasteiger partial charge in [-0.15, -0.1) is 0 Å². The molecule has 0 amide bonds. The second-order valence-corrected chi connectivity index (χ2v) is 17.2. The Morgan fingerprint density at radius 3 is 1.83 bits per heavy atom. The van der Waals surface area contributed by atoms with Crippen molar-refractivity contribution in [2.45, 2.75) is 61.2 Å². The highest BCUT2D eigenvalue weighted by molar-refractivity contribution is 6.76. The minimum atomic E-state index is -1.90.